The van der Waals surface area contributed by atoms with Crippen LogP contribution in [0.1, 0.15) is 5.56 Å². The van der Waals surface area contributed by atoms with E-state index in [4.69, 9.17) is 0 Å². The summed E-state index contributed by atoms with van der Waals surface area (Å²) < 4.78 is 63.7. The molecule has 1 N–H and O–H groups in total. The SMILES string of the molecule is O=S(=O)(NCCI)c1ccccc1C(F)(F)F. The van der Waals surface area contributed by atoms with Crippen molar-refractivity contribution in [3.63, 3.8) is 0 Å². The van der Waals surface area contributed by atoms with Crippen LogP contribution in [-0.4, -0.2) is 19.4 Å². The average molecular weight is 379 g/mol. The minimum atomic E-state index is -4.68. The molecule has 0 unspecified atom stereocenters. The lowest BCUT2D eigenvalue weighted by molar-refractivity contribution is -0.139. The Kier molecular flexibility index (Phi) is 4.78. The summed E-state index contributed by atoms with van der Waals surface area (Å²) in [7, 11) is -4.11. The smallest absolute Gasteiger partial charge is 0.210 e. The lowest BCUT2D eigenvalue weighted by Crippen LogP contribution is -2.27. The van der Waals surface area contributed by atoms with Gasteiger partial charge in [-0.05, 0) is 12.1 Å². The predicted octanol–water partition coefficient (Wildman–Crippen LogP) is 2.42. The Morgan fingerprint density at radius 1 is 1.24 bits per heavy atom. The highest BCUT2D eigenvalue weighted by Gasteiger charge is 2.36. The summed E-state index contributed by atoms with van der Waals surface area (Å²) in [6.07, 6.45) is -4.68. The van der Waals surface area contributed by atoms with E-state index in [-0.39, 0.29) is 6.54 Å². The van der Waals surface area contributed by atoms with E-state index in [1.54, 1.807) is 0 Å². The lowest BCUT2D eigenvalue weighted by Gasteiger charge is -2.13. The van der Waals surface area contributed by atoms with Crippen LogP contribution in [0, 0.1) is 0 Å². The Labute approximate surface area is 111 Å². The van der Waals surface area contributed by atoms with E-state index in [2.05, 4.69) is 4.72 Å². The van der Waals surface area contributed by atoms with Crippen molar-refractivity contribution in [3.05, 3.63) is 29.8 Å². The van der Waals surface area contributed by atoms with E-state index in [0.717, 1.165) is 18.2 Å². The Bertz CT molecular complexity index is 487. The molecule has 17 heavy (non-hydrogen) atoms. The van der Waals surface area contributed by atoms with Crippen molar-refractivity contribution in [3.8, 4) is 0 Å². The fourth-order valence-electron chi connectivity index (χ4n) is 1.19. The van der Waals surface area contributed by atoms with Gasteiger partial charge in [0.2, 0.25) is 10.0 Å². The van der Waals surface area contributed by atoms with E-state index in [0.29, 0.717) is 4.43 Å². The average Bonchev–Trinajstić information content (AvgIpc) is 2.25. The van der Waals surface area contributed by atoms with E-state index in [1.165, 1.54) is 6.07 Å². The molecule has 0 radical (unpaired) electrons. The van der Waals surface area contributed by atoms with Gasteiger partial charge in [0.25, 0.3) is 0 Å². The van der Waals surface area contributed by atoms with E-state index in [9.17, 15) is 21.6 Å². The predicted molar refractivity (Wildman–Crippen MR) is 65.5 cm³/mol. The third-order valence-corrected chi connectivity index (χ3v) is 3.93. The highest BCUT2D eigenvalue weighted by Crippen LogP contribution is 2.33. The van der Waals surface area contributed by atoms with Gasteiger partial charge in [-0.15, -0.1) is 0 Å². The fraction of sp³-hybridized carbons (Fsp3) is 0.333. The van der Waals surface area contributed by atoms with Crippen LogP contribution in [0.25, 0.3) is 0 Å². The minimum Gasteiger partial charge on any atom is -0.210 e. The zero-order chi connectivity index (χ0) is 13.1. The molecule has 1 rings (SSSR count). The molecule has 1 aromatic carbocycles. The number of sulfonamides is 1. The van der Waals surface area contributed by atoms with E-state index >= 15 is 0 Å². The summed E-state index contributed by atoms with van der Waals surface area (Å²) in [6.45, 7) is 0.0923. The maximum atomic E-state index is 12.6. The quantitative estimate of drug-likeness (QED) is 0.645. The minimum absolute atomic E-state index is 0.0923. The molecular formula is C9H9F3INO2S. The van der Waals surface area contributed by atoms with Gasteiger partial charge in [-0.1, -0.05) is 34.7 Å². The first kappa shape index (κ1) is 14.7. The molecule has 0 aliphatic heterocycles. The van der Waals surface area contributed by atoms with Crippen LogP contribution in [0.3, 0.4) is 0 Å². The second-order valence-electron chi connectivity index (χ2n) is 3.08. The van der Waals surface area contributed by atoms with E-state index in [1.807, 2.05) is 22.6 Å². The van der Waals surface area contributed by atoms with Gasteiger partial charge in [0.15, 0.2) is 0 Å². The van der Waals surface area contributed by atoms with Crippen LogP contribution >= 0.6 is 22.6 Å². The standard InChI is InChI=1S/C9H9F3INO2S/c10-9(11,12)7-3-1-2-4-8(7)17(15,16)14-6-5-13/h1-4,14H,5-6H2. The Morgan fingerprint density at radius 2 is 1.82 bits per heavy atom. The molecule has 1 aromatic rings. The van der Waals surface area contributed by atoms with Crippen molar-refractivity contribution in [2.75, 3.05) is 11.0 Å². The molecule has 0 aliphatic carbocycles. The molecule has 8 heteroatoms. The Morgan fingerprint density at radius 3 is 2.35 bits per heavy atom. The van der Waals surface area contributed by atoms with Crippen LogP contribution in [0.4, 0.5) is 13.2 Å². The van der Waals surface area contributed by atoms with Gasteiger partial charge in [-0.25, -0.2) is 13.1 Å². The van der Waals surface area contributed by atoms with Crippen molar-refractivity contribution >= 4 is 32.6 Å². The van der Waals surface area contributed by atoms with Gasteiger partial charge in [-0.3, -0.25) is 0 Å². The topological polar surface area (TPSA) is 46.2 Å². The maximum Gasteiger partial charge on any atom is 0.417 e. The number of benzene rings is 1. The highest BCUT2D eigenvalue weighted by molar-refractivity contribution is 14.1. The molecule has 3 nitrogen and oxygen atoms in total. The molecule has 0 atom stereocenters. The van der Waals surface area contributed by atoms with Gasteiger partial charge in [0.1, 0.15) is 0 Å². The molecule has 0 spiro atoms. The lowest BCUT2D eigenvalue weighted by atomic mass is 10.2. The summed E-state index contributed by atoms with van der Waals surface area (Å²) in [5.74, 6) is 0. The van der Waals surface area contributed by atoms with Crippen molar-refractivity contribution in [1.29, 1.82) is 0 Å². The molecule has 0 amide bonds. The number of rotatable bonds is 4. The first-order valence-electron chi connectivity index (χ1n) is 4.51. The monoisotopic (exact) mass is 379 g/mol. The van der Waals surface area contributed by atoms with Crippen molar-refractivity contribution in [2.45, 2.75) is 11.1 Å². The number of nitrogens with one attached hydrogen (secondary N) is 1. The van der Waals surface area contributed by atoms with Crippen LogP contribution in [0.2, 0.25) is 0 Å². The van der Waals surface area contributed by atoms with Crippen LogP contribution in [-0.2, 0) is 16.2 Å². The first-order chi connectivity index (χ1) is 7.79. The van der Waals surface area contributed by atoms with Crippen molar-refractivity contribution in [2.24, 2.45) is 0 Å². The zero-order valence-electron chi connectivity index (χ0n) is 8.46. The maximum absolute atomic E-state index is 12.6. The summed E-state index contributed by atoms with van der Waals surface area (Å²) in [6, 6.07) is 4.10. The van der Waals surface area contributed by atoms with E-state index < -0.39 is 26.7 Å². The number of alkyl halides is 4. The van der Waals surface area contributed by atoms with Gasteiger partial charge in [0, 0.05) is 11.0 Å². The molecule has 96 valence electrons. The first-order valence-corrected chi connectivity index (χ1v) is 7.52. The molecule has 0 aromatic heterocycles. The summed E-state index contributed by atoms with van der Waals surface area (Å²) >= 11 is 1.92. The summed E-state index contributed by atoms with van der Waals surface area (Å²) in [5.41, 5.74) is -1.15. The normalized spacial score (nSPS) is 12.7. The fourth-order valence-corrected chi connectivity index (χ4v) is 3.08. The van der Waals surface area contributed by atoms with Crippen molar-refractivity contribution in [1.82, 2.24) is 4.72 Å². The van der Waals surface area contributed by atoms with Crippen LogP contribution in [0.15, 0.2) is 29.2 Å². The Balaban J connectivity index is 3.23. The second-order valence-corrected chi connectivity index (χ2v) is 5.89. The third kappa shape index (κ3) is 3.81. The van der Waals surface area contributed by atoms with Crippen LogP contribution < -0.4 is 4.72 Å². The molecule has 0 aliphatic rings. The number of halogens is 4. The second kappa shape index (κ2) is 5.53. The number of hydrogen-bond acceptors (Lipinski definition) is 2. The Hall–Kier alpha value is -0.350. The highest BCUT2D eigenvalue weighted by atomic mass is 127. The molecule has 0 heterocycles. The third-order valence-electron chi connectivity index (χ3n) is 1.87. The molecule has 0 fully saturated rings. The molecule has 0 bridgehead atoms. The molecule has 0 saturated carbocycles. The van der Waals surface area contributed by atoms with Crippen molar-refractivity contribution < 1.29 is 21.6 Å². The summed E-state index contributed by atoms with van der Waals surface area (Å²) in [4.78, 5) is -0.739. The van der Waals surface area contributed by atoms with Gasteiger partial charge < -0.3 is 0 Å². The zero-order valence-corrected chi connectivity index (χ0v) is 11.4. The van der Waals surface area contributed by atoms with Crippen LogP contribution in [0.5, 0.6) is 0 Å². The molecule has 0 saturated heterocycles. The molecular weight excluding hydrogens is 370 g/mol. The van der Waals surface area contributed by atoms with Gasteiger partial charge in [-0.2, -0.15) is 13.2 Å². The summed E-state index contributed by atoms with van der Waals surface area (Å²) in [5, 5.41) is 0. The van der Waals surface area contributed by atoms with Gasteiger partial charge >= 0.3 is 6.18 Å². The largest absolute Gasteiger partial charge is 0.417 e. The number of hydrogen-bond donors (Lipinski definition) is 1. The van der Waals surface area contributed by atoms with Gasteiger partial charge in [0.05, 0.1) is 10.5 Å².